The molecule has 142 valence electrons. The van der Waals surface area contributed by atoms with Crippen LogP contribution in [-0.4, -0.2) is 34.0 Å². The molecule has 0 heterocycles. The first-order chi connectivity index (χ1) is 12.0. The van der Waals surface area contributed by atoms with Gasteiger partial charge in [0, 0.05) is 12.6 Å². The second-order valence-electron chi connectivity index (χ2n) is 6.26. The van der Waals surface area contributed by atoms with E-state index >= 15 is 0 Å². The van der Waals surface area contributed by atoms with Crippen LogP contribution in [0, 0.1) is 6.92 Å². The van der Waals surface area contributed by atoms with Crippen molar-refractivity contribution in [3.63, 3.8) is 0 Å². The van der Waals surface area contributed by atoms with Gasteiger partial charge in [-0.3, -0.25) is 0 Å². The van der Waals surface area contributed by atoms with Crippen LogP contribution in [0.15, 0.2) is 53.4 Å². The van der Waals surface area contributed by atoms with Gasteiger partial charge >= 0.3 is 6.18 Å². The van der Waals surface area contributed by atoms with Crippen molar-refractivity contribution >= 4 is 10.0 Å². The standard InChI is InChI=1S/C18H21F3N2O2S/c1-13-4-6-14(7-5-13)17(23(2)3)12-22-26(24,25)16-10-8-15(9-11-16)18(19,20)21/h4-11,17,22H,12H2,1-3H3. The topological polar surface area (TPSA) is 49.4 Å². The van der Waals surface area contributed by atoms with Crippen molar-refractivity contribution in [2.24, 2.45) is 0 Å². The SMILES string of the molecule is Cc1ccc(C(CNS(=O)(=O)c2ccc(C(F)(F)F)cc2)N(C)C)cc1. The van der Waals surface area contributed by atoms with Gasteiger partial charge in [-0.15, -0.1) is 0 Å². The Kier molecular flexibility index (Phi) is 6.10. The lowest BCUT2D eigenvalue weighted by molar-refractivity contribution is -0.137. The van der Waals surface area contributed by atoms with Crippen LogP contribution in [-0.2, 0) is 16.2 Å². The van der Waals surface area contributed by atoms with Crippen LogP contribution in [0.5, 0.6) is 0 Å². The summed E-state index contributed by atoms with van der Waals surface area (Å²) in [5.74, 6) is 0. The minimum Gasteiger partial charge on any atom is -0.301 e. The van der Waals surface area contributed by atoms with Crippen molar-refractivity contribution in [2.75, 3.05) is 20.6 Å². The predicted octanol–water partition coefficient (Wildman–Crippen LogP) is 3.60. The van der Waals surface area contributed by atoms with Crippen molar-refractivity contribution in [3.8, 4) is 0 Å². The molecule has 26 heavy (non-hydrogen) atoms. The van der Waals surface area contributed by atoms with Crippen LogP contribution in [0.4, 0.5) is 13.2 Å². The number of hydrogen-bond donors (Lipinski definition) is 1. The van der Waals surface area contributed by atoms with Crippen LogP contribution in [0.3, 0.4) is 0 Å². The van der Waals surface area contributed by atoms with E-state index in [1.807, 2.05) is 50.2 Å². The number of alkyl halides is 3. The van der Waals surface area contributed by atoms with Crippen LogP contribution in [0.2, 0.25) is 0 Å². The molecule has 0 spiro atoms. The van der Waals surface area contributed by atoms with Gasteiger partial charge in [0.1, 0.15) is 0 Å². The van der Waals surface area contributed by atoms with Crippen molar-refractivity contribution in [1.82, 2.24) is 9.62 Å². The molecule has 0 fully saturated rings. The van der Waals surface area contributed by atoms with Gasteiger partial charge in [0.05, 0.1) is 10.5 Å². The smallest absolute Gasteiger partial charge is 0.301 e. The molecule has 0 bridgehead atoms. The zero-order valence-electron chi connectivity index (χ0n) is 14.7. The third-order valence-electron chi connectivity index (χ3n) is 4.04. The van der Waals surface area contributed by atoms with E-state index in [2.05, 4.69) is 4.72 Å². The Morgan fingerprint density at radius 1 is 1.00 bits per heavy atom. The molecule has 0 aromatic heterocycles. The van der Waals surface area contributed by atoms with Gasteiger partial charge in [0.25, 0.3) is 0 Å². The number of nitrogens with one attached hydrogen (secondary N) is 1. The van der Waals surface area contributed by atoms with Crippen molar-refractivity contribution in [3.05, 3.63) is 65.2 Å². The van der Waals surface area contributed by atoms with Crippen molar-refractivity contribution in [2.45, 2.75) is 24.0 Å². The maximum absolute atomic E-state index is 12.6. The molecule has 1 atom stereocenters. The summed E-state index contributed by atoms with van der Waals surface area (Å²) in [5.41, 5.74) is 1.15. The van der Waals surface area contributed by atoms with Gasteiger partial charge < -0.3 is 4.90 Å². The fraction of sp³-hybridized carbons (Fsp3) is 0.333. The largest absolute Gasteiger partial charge is 0.416 e. The quantitative estimate of drug-likeness (QED) is 0.825. The lowest BCUT2D eigenvalue weighted by Crippen LogP contribution is -2.34. The molecule has 0 saturated carbocycles. The highest BCUT2D eigenvalue weighted by molar-refractivity contribution is 7.89. The van der Waals surface area contributed by atoms with Gasteiger partial charge in [-0.2, -0.15) is 13.2 Å². The Morgan fingerprint density at radius 3 is 2.00 bits per heavy atom. The predicted molar refractivity (Wildman–Crippen MR) is 94.2 cm³/mol. The summed E-state index contributed by atoms with van der Waals surface area (Å²) in [6, 6.07) is 11.0. The Hall–Kier alpha value is -1.90. The molecule has 8 heteroatoms. The lowest BCUT2D eigenvalue weighted by Gasteiger charge is -2.25. The average molecular weight is 386 g/mol. The summed E-state index contributed by atoms with van der Waals surface area (Å²) in [6.45, 7) is 2.06. The molecule has 0 amide bonds. The van der Waals surface area contributed by atoms with Crippen LogP contribution < -0.4 is 4.72 Å². The lowest BCUT2D eigenvalue weighted by atomic mass is 10.0. The highest BCUT2D eigenvalue weighted by atomic mass is 32.2. The van der Waals surface area contributed by atoms with E-state index in [0.29, 0.717) is 0 Å². The molecule has 4 nitrogen and oxygen atoms in total. The maximum atomic E-state index is 12.6. The molecular weight excluding hydrogens is 365 g/mol. The number of benzene rings is 2. The molecule has 1 unspecified atom stereocenters. The first-order valence-corrected chi connectivity index (χ1v) is 9.39. The monoisotopic (exact) mass is 386 g/mol. The molecule has 1 N–H and O–H groups in total. The second kappa shape index (κ2) is 7.77. The van der Waals surface area contributed by atoms with Crippen LogP contribution in [0.25, 0.3) is 0 Å². The second-order valence-corrected chi connectivity index (χ2v) is 8.03. The number of rotatable bonds is 6. The molecule has 0 saturated heterocycles. The van der Waals surface area contributed by atoms with E-state index in [1.54, 1.807) is 0 Å². The Balaban J connectivity index is 2.16. The Morgan fingerprint density at radius 2 is 1.54 bits per heavy atom. The fourth-order valence-electron chi connectivity index (χ4n) is 2.48. The number of halogens is 3. The summed E-state index contributed by atoms with van der Waals surface area (Å²) in [5, 5.41) is 0. The summed E-state index contributed by atoms with van der Waals surface area (Å²) in [7, 11) is -0.251. The number of aryl methyl sites for hydroxylation is 1. The highest BCUT2D eigenvalue weighted by Gasteiger charge is 2.30. The van der Waals surface area contributed by atoms with Crippen molar-refractivity contribution < 1.29 is 21.6 Å². The summed E-state index contributed by atoms with van der Waals surface area (Å²) >= 11 is 0. The number of hydrogen-bond acceptors (Lipinski definition) is 3. The minimum absolute atomic E-state index is 0.0966. The zero-order chi connectivity index (χ0) is 19.5. The first kappa shape index (κ1) is 20.4. The van der Waals surface area contributed by atoms with Gasteiger partial charge in [-0.1, -0.05) is 29.8 Å². The maximum Gasteiger partial charge on any atom is 0.416 e. The van der Waals surface area contributed by atoms with Crippen LogP contribution in [0.1, 0.15) is 22.7 Å². The molecular formula is C18H21F3N2O2S. The zero-order valence-corrected chi connectivity index (χ0v) is 15.5. The molecule has 0 aliphatic rings. The van der Waals surface area contributed by atoms with E-state index in [1.165, 1.54) is 0 Å². The van der Waals surface area contributed by atoms with E-state index in [-0.39, 0.29) is 17.5 Å². The van der Waals surface area contributed by atoms with E-state index in [4.69, 9.17) is 0 Å². The van der Waals surface area contributed by atoms with Gasteiger partial charge in [-0.05, 0) is 50.8 Å². The van der Waals surface area contributed by atoms with Gasteiger partial charge in [0.2, 0.25) is 10.0 Å². The Labute approximate surface area is 151 Å². The van der Waals surface area contributed by atoms with Gasteiger partial charge in [0.15, 0.2) is 0 Å². The molecule has 0 aliphatic heterocycles. The fourth-order valence-corrected chi connectivity index (χ4v) is 3.52. The van der Waals surface area contributed by atoms with Crippen LogP contribution >= 0.6 is 0 Å². The number of sulfonamides is 1. The highest BCUT2D eigenvalue weighted by Crippen LogP contribution is 2.29. The normalized spacial score (nSPS) is 13.8. The third-order valence-corrected chi connectivity index (χ3v) is 5.48. The molecule has 2 aromatic rings. The molecule has 0 radical (unpaired) electrons. The first-order valence-electron chi connectivity index (χ1n) is 7.90. The minimum atomic E-state index is -4.50. The summed E-state index contributed by atoms with van der Waals surface area (Å²) in [6.07, 6.45) is -4.50. The molecule has 2 rings (SSSR count). The van der Waals surface area contributed by atoms with Crippen molar-refractivity contribution in [1.29, 1.82) is 0 Å². The number of likely N-dealkylation sites (N-methyl/N-ethyl adjacent to an activating group) is 1. The van der Waals surface area contributed by atoms with E-state index < -0.39 is 21.8 Å². The van der Waals surface area contributed by atoms with Gasteiger partial charge in [-0.25, -0.2) is 13.1 Å². The van der Waals surface area contributed by atoms with E-state index in [9.17, 15) is 21.6 Å². The van der Waals surface area contributed by atoms with E-state index in [0.717, 1.165) is 35.4 Å². The summed E-state index contributed by atoms with van der Waals surface area (Å²) in [4.78, 5) is 1.67. The Bertz CT molecular complexity index is 830. The number of nitrogens with zero attached hydrogens (tertiary/aromatic N) is 1. The summed E-state index contributed by atoms with van der Waals surface area (Å²) < 4.78 is 65.1. The molecule has 0 aliphatic carbocycles. The average Bonchev–Trinajstić information content (AvgIpc) is 2.55. The third kappa shape index (κ3) is 5.06. The molecule has 2 aromatic carbocycles.